The van der Waals surface area contributed by atoms with Crippen molar-refractivity contribution in [2.45, 2.75) is 46.4 Å². The minimum atomic E-state index is -0.505. The predicted molar refractivity (Wildman–Crippen MR) is 114 cm³/mol. The van der Waals surface area contributed by atoms with Crippen LogP contribution in [-0.2, 0) is 32.2 Å². The van der Waals surface area contributed by atoms with Crippen molar-refractivity contribution in [3.05, 3.63) is 41.9 Å². The van der Waals surface area contributed by atoms with E-state index in [-0.39, 0.29) is 25.0 Å². The molecule has 1 aliphatic rings. The normalized spacial score (nSPS) is 16.8. The van der Waals surface area contributed by atoms with Crippen LogP contribution in [0, 0.1) is 0 Å². The largest absolute Gasteiger partial charge is 0.459 e. The second-order valence-electron chi connectivity index (χ2n) is 8.55. The van der Waals surface area contributed by atoms with Crippen molar-refractivity contribution in [3.8, 4) is 0 Å². The third-order valence-electron chi connectivity index (χ3n) is 4.26. The number of carbonyl (C=O) groups is 2. The van der Waals surface area contributed by atoms with Crippen molar-refractivity contribution in [2.75, 3.05) is 39.3 Å². The molecule has 2 rings (SSSR count). The molecule has 166 valence electrons. The lowest BCUT2D eigenvalue weighted by Gasteiger charge is -2.26. The van der Waals surface area contributed by atoms with Crippen molar-refractivity contribution in [3.63, 3.8) is 0 Å². The van der Waals surface area contributed by atoms with Gasteiger partial charge in [0.05, 0.1) is 30.2 Å². The lowest BCUT2D eigenvalue weighted by Crippen LogP contribution is -2.41. The average molecular weight is 419 g/mol. The summed E-state index contributed by atoms with van der Waals surface area (Å²) in [5.74, 6) is -0.181. The topological polar surface area (TPSA) is 84.0 Å². The fourth-order valence-corrected chi connectivity index (χ4v) is 3.16. The van der Waals surface area contributed by atoms with E-state index >= 15 is 0 Å². The predicted octanol–water partition coefficient (Wildman–Crippen LogP) is 1.71. The molecular weight excluding hydrogens is 384 g/mol. The average Bonchev–Trinajstić information content (AvgIpc) is 2.58. The van der Waals surface area contributed by atoms with Crippen LogP contribution in [0.4, 0.5) is 0 Å². The van der Waals surface area contributed by atoms with Crippen LogP contribution < -0.4 is 5.32 Å². The molecule has 0 atom stereocenters. The van der Waals surface area contributed by atoms with Crippen LogP contribution >= 0.6 is 0 Å². The van der Waals surface area contributed by atoms with E-state index in [9.17, 15) is 9.59 Å². The van der Waals surface area contributed by atoms with Crippen LogP contribution in [0.15, 0.2) is 30.5 Å². The zero-order chi connectivity index (χ0) is 22.1. The van der Waals surface area contributed by atoms with Gasteiger partial charge in [-0.05, 0) is 39.8 Å². The quantitative estimate of drug-likeness (QED) is 0.572. The van der Waals surface area contributed by atoms with Crippen LogP contribution in [0.2, 0.25) is 0 Å². The van der Waals surface area contributed by atoms with Crippen LogP contribution in [0.25, 0.3) is 0 Å². The van der Waals surface area contributed by atoms with Gasteiger partial charge in [-0.15, -0.1) is 0 Å². The second kappa shape index (κ2) is 11.2. The number of nitrogens with zero attached hydrogens (tertiary/aromatic N) is 3. The van der Waals surface area contributed by atoms with Gasteiger partial charge in [0.15, 0.2) is 0 Å². The molecule has 0 unspecified atom stereocenters. The van der Waals surface area contributed by atoms with Crippen molar-refractivity contribution < 1.29 is 19.1 Å². The van der Waals surface area contributed by atoms with E-state index in [1.54, 1.807) is 6.92 Å². The van der Waals surface area contributed by atoms with Crippen molar-refractivity contribution in [1.29, 1.82) is 0 Å². The zero-order valence-electron chi connectivity index (χ0n) is 18.6. The highest BCUT2D eigenvalue weighted by molar-refractivity contribution is 5.72. The van der Waals surface area contributed by atoms with Gasteiger partial charge in [0, 0.05) is 39.3 Å². The fraction of sp³-hybridized carbons (Fsp3) is 0.591. The molecule has 2 heterocycles. The van der Waals surface area contributed by atoms with E-state index in [0.717, 1.165) is 11.4 Å². The van der Waals surface area contributed by atoms with E-state index in [1.807, 2.05) is 48.8 Å². The molecular formula is C22H34N4O4. The number of esters is 2. The van der Waals surface area contributed by atoms with Gasteiger partial charge in [-0.3, -0.25) is 24.4 Å². The van der Waals surface area contributed by atoms with E-state index in [4.69, 9.17) is 14.5 Å². The third kappa shape index (κ3) is 9.47. The molecule has 0 saturated heterocycles. The minimum Gasteiger partial charge on any atom is -0.459 e. The summed E-state index contributed by atoms with van der Waals surface area (Å²) in [4.78, 5) is 33.1. The van der Waals surface area contributed by atoms with Gasteiger partial charge in [-0.25, -0.2) is 0 Å². The van der Waals surface area contributed by atoms with Gasteiger partial charge in [-0.2, -0.15) is 0 Å². The molecule has 0 aromatic carbocycles. The van der Waals surface area contributed by atoms with Gasteiger partial charge >= 0.3 is 11.9 Å². The van der Waals surface area contributed by atoms with Gasteiger partial charge in [0.1, 0.15) is 5.60 Å². The van der Waals surface area contributed by atoms with Crippen molar-refractivity contribution in [2.24, 2.45) is 0 Å². The van der Waals surface area contributed by atoms with Gasteiger partial charge in [0.25, 0.3) is 0 Å². The molecule has 2 bridgehead atoms. The summed E-state index contributed by atoms with van der Waals surface area (Å²) in [5, 5.41) is 3.38. The van der Waals surface area contributed by atoms with Crippen molar-refractivity contribution in [1.82, 2.24) is 20.1 Å². The Morgan fingerprint density at radius 1 is 1.07 bits per heavy atom. The number of carbonyl (C=O) groups excluding carboxylic acids is 2. The van der Waals surface area contributed by atoms with Gasteiger partial charge in [0.2, 0.25) is 0 Å². The summed E-state index contributed by atoms with van der Waals surface area (Å²) in [5.41, 5.74) is 1.24. The minimum absolute atomic E-state index is 0.172. The highest BCUT2D eigenvalue weighted by Crippen LogP contribution is 2.11. The Hall–Kier alpha value is -2.29. The highest BCUT2D eigenvalue weighted by Gasteiger charge is 2.20. The first-order valence-electron chi connectivity index (χ1n) is 10.3. The first kappa shape index (κ1) is 24.0. The number of rotatable bonds is 5. The molecule has 8 heteroatoms. The summed E-state index contributed by atoms with van der Waals surface area (Å²) in [7, 11) is 0. The Bertz CT molecular complexity index is 745. The molecule has 0 saturated carbocycles. The number of hydrogen-bond donors (Lipinski definition) is 1. The van der Waals surface area contributed by atoms with E-state index < -0.39 is 5.60 Å². The highest BCUT2D eigenvalue weighted by atomic mass is 16.6. The molecule has 30 heavy (non-hydrogen) atoms. The van der Waals surface area contributed by atoms with Gasteiger partial charge < -0.3 is 14.8 Å². The van der Waals surface area contributed by atoms with Crippen LogP contribution in [0.5, 0.6) is 0 Å². The first-order chi connectivity index (χ1) is 14.1. The summed E-state index contributed by atoms with van der Waals surface area (Å²) < 4.78 is 10.6. The third-order valence-corrected chi connectivity index (χ3v) is 4.26. The molecule has 1 aromatic rings. The monoisotopic (exact) mass is 418 g/mol. The molecule has 0 fully saturated rings. The fourth-order valence-electron chi connectivity index (χ4n) is 3.16. The van der Waals surface area contributed by atoms with Crippen LogP contribution in [0.3, 0.4) is 0 Å². The number of pyridine rings is 1. The van der Waals surface area contributed by atoms with Crippen molar-refractivity contribution >= 4 is 11.9 Å². The maximum atomic E-state index is 12.3. The molecule has 0 aliphatic carbocycles. The number of aromatic nitrogens is 1. The lowest BCUT2D eigenvalue weighted by molar-refractivity contribution is -0.156. The molecule has 1 aromatic heterocycles. The SMILES string of the molecule is C=C(C)OC(=O)CN1CCNCCN(CC(=O)OC(C)(C)C)Cc2cccc(n2)C1. The molecule has 1 N–H and O–H groups in total. The smallest absolute Gasteiger partial charge is 0.325 e. The second-order valence-corrected chi connectivity index (χ2v) is 8.55. The maximum Gasteiger partial charge on any atom is 0.325 e. The summed E-state index contributed by atoms with van der Waals surface area (Å²) in [6.07, 6.45) is 0. The Balaban J connectivity index is 2.08. The molecule has 0 amide bonds. The Morgan fingerprint density at radius 3 is 2.10 bits per heavy atom. The Morgan fingerprint density at radius 2 is 1.60 bits per heavy atom. The number of hydrogen-bond acceptors (Lipinski definition) is 8. The number of nitrogens with one attached hydrogen (secondary N) is 1. The molecule has 1 aliphatic heterocycles. The van der Waals surface area contributed by atoms with E-state index in [1.165, 1.54) is 0 Å². The van der Waals surface area contributed by atoms with Crippen LogP contribution in [-0.4, -0.2) is 71.6 Å². The standard InChI is InChI=1S/C22H34N4O4/c1-17(2)29-20(27)15-25-11-9-23-10-12-26(16-21(28)30-22(3,4)5)14-19-8-6-7-18(13-25)24-19/h6-8,23H,1,9-16H2,2-5H3. The van der Waals surface area contributed by atoms with Gasteiger partial charge in [-0.1, -0.05) is 12.6 Å². The Labute approximate surface area is 179 Å². The molecule has 8 nitrogen and oxygen atoms in total. The maximum absolute atomic E-state index is 12.3. The summed E-state index contributed by atoms with van der Waals surface area (Å²) in [6, 6.07) is 5.85. The number of allylic oxidation sites excluding steroid dienone is 1. The van der Waals surface area contributed by atoms with E-state index in [0.29, 0.717) is 45.0 Å². The van der Waals surface area contributed by atoms with Crippen LogP contribution in [0.1, 0.15) is 39.1 Å². The summed E-state index contributed by atoms with van der Waals surface area (Å²) >= 11 is 0. The Kier molecular flexibility index (Phi) is 8.95. The number of fused-ring (bicyclic) bond motifs is 2. The zero-order valence-corrected chi connectivity index (χ0v) is 18.6. The number of ether oxygens (including phenoxy) is 2. The summed E-state index contributed by atoms with van der Waals surface area (Å²) in [6.45, 7) is 15.1. The van der Waals surface area contributed by atoms with E-state index in [2.05, 4.69) is 11.9 Å². The molecule has 0 spiro atoms. The molecule has 0 radical (unpaired) electrons. The lowest BCUT2D eigenvalue weighted by atomic mass is 10.2. The first-order valence-corrected chi connectivity index (χ1v) is 10.3.